The summed E-state index contributed by atoms with van der Waals surface area (Å²) in [4.78, 5) is 23.4. The maximum atomic E-state index is 13.0. The van der Waals surface area contributed by atoms with E-state index >= 15 is 0 Å². The Kier molecular flexibility index (Phi) is 59.4. The van der Waals surface area contributed by atoms with E-state index in [0.717, 1.165) is 64.2 Å². The van der Waals surface area contributed by atoms with Gasteiger partial charge in [-0.25, -0.2) is 4.57 Å². The molecule has 0 rings (SSSR count). The van der Waals surface area contributed by atoms with Gasteiger partial charge in [0.2, 0.25) is 5.91 Å². The van der Waals surface area contributed by atoms with Crippen molar-refractivity contribution in [2.24, 2.45) is 0 Å². The summed E-state index contributed by atoms with van der Waals surface area (Å²) in [6.45, 7) is 4.74. The summed E-state index contributed by atoms with van der Waals surface area (Å²) in [7, 11) is 1.59. The largest absolute Gasteiger partial charge is 0.472 e. The van der Waals surface area contributed by atoms with Crippen LogP contribution in [0.5, 0.6) is 0 Å². The molecule has 0 bridgehead atoms. The van der Waals surface area contributed by atoms with Crippen molar-refractivity contribution in [1.29, 1.82) is 0 Å². The number of nitrogens with zero attached hydrogens (tertiary/aromatic N) is 1. The highest BCUT2D eigenvalue weighted by Gasteiger charge is 2.28. The molecule has 3 unspecified atom stereocenters. The van der Waals surface area contributed by atoms with E-state index in [2.05, 4.69) is 67.8 Å². The van der Waals surface area contributed by atoms with Crippen molar-refractivity contribution in [2.45, 2.75) is 341 Å². The van der Waals surface area contributed by atoms with E-state index in [0.29, 0.717) is 17.4 Å². The zero-order chi connectivity index (χ0) is 57.7. The Labute approximate surface area is 492 Å². The number of hydrogen-bond donors (Lipinski definition) is 3. The van der Waals surface area contributed by atoms with Crippen LogP contribution in [-0.4, -0.2) is 73.4 Å². The van der Waals surface area contributed by atoms with Crippen molar-refractivity contribution in [2.75, 3.05) is 40.9 Å². The molecule has 464 valence electrons. The van der Waals surface area contributed by atoms with E-state index in [1.165, 1.54) is 244 Å². The zero-order valence-electron chi connectivity index (χ0n) is 53.1. The molecule has 0 spiro atoms. The van der Waals surface area contributed by atoms with Crippen molar-refractivity contribution in [3.63, 3.8) is 0 Å². The Morgan fingerprint density at radius 2 is 0.759 bits per heavy atom. The molecular weight excluding hydrogens is 996 g/mol. The summed E-state index contributed by atoms with van der Waals surface area (Å²) >= 11 is 0. The Morgan fingerprint density at radius 3 is 1.11 bits per heavy atom. The maximum absolute atomic E-state index is 13.0. The highest BCUT2D eigenvalue weighted by molar-refractivity contribution is 7.47. The smallest absolute Gasteiger partial charge is 0.387 e. The molecule has 8 nitrogen and oxygen atoms in total. The number of quaternary nitrogens is 1. The number of phosphoric ester groups is 1. The highest BCUT2D eigenvalue weighted by Crippen LogP contribution is 2.43. The predicted molar refractivity (Wildman–Crippen MR) is 346 cm³/mol. The third-order valence-electron chi connectivity index (χ3n) is 15.5. The standard InChI is InChI=1S/C70H133N2O6P/c1-6-8-10-12-14-16-18-20-22-24-25-26-27-28-29-30-31-32-33-34-35-36-37-38-39-40-41-42-43-44-45-46-47-48-50-52-54-56-58-60-62-64-70(74)71-68(67-78-79(75,76)77-66-65-72(3,4)5)69(73)63-61-59-57-55-53-51-49-23-21-19-17-15-13-11-9-7-2/h8,10,14,16,20,22,25-26,61,63,68-69,73H,6-7,9,11-13,15,17-19,21,23-24,27-60,62,64-67H2,1-5H3,(H-,71,74,75,76)/p+1/b10-8-,16-14-,22-20-,26-25-,63-61+. The molecule has 0 aliphatic rings. The van der Waals surface area contributed by atoms with Crippen molar-refractivity contribution >= 4 is 13.7 Å². The van der Waals surface area contributed by atoms with Gasteiger partial charge in [0.15, 0.2) is 0 Å². The average molecular weight is 1130 g/mol. The number of unbranched alkanes of at least 4 members (excludes halogenated alkanes) is 42. The van der Waals surface area contributed by atoms with Gasteiger partial charge in [0, 0.05) is 6.42 Å². The van der Waals surface area contributed by atoms with Gasteiger partial charge < -0.3 is 19.8 Å². The lowest BCUT2D eigenvalue weighted by atomic mass is 10.0. The normalized spacial score (nSPS) is 14.1. The summed E-state index contributed by atoms with van der Waals surface area (Å²) in [5.41, 5.74) is 0. The van der Waals surface area contributed by atoms with Crippen LogP contribution in [0, 0.1) is 0 Å². The van der Waals surface area contributed by atoms with E-state index in [-0.39, 0.29) is 19.1 Å². The summed E-state index contributed by atoms with van der Waals surface area (Å²) in [6, 6.07) is -0.845. The van der Waals surface area contributed by atoms with Crippen molar-refractivity contribution in [3.8, 4) is 0 Å². The minimum Gasteiger partial charge on any atom is -0.387 e. The maximum Gasteiger partial charge on any atom is 0.472 e. The SMILES string of the molecule is CC/C=C\C/C=C\C/C=C\C/C=C\CCCCCCCCCCCCCCCCCCCCCCCCCCCCCCC(=O)NC(COP(=O)(O)OCC[N+](C)(C)C)C(O)/C=C/CCCCCCCCCCCCCCCC. The second-order valence-corrected chi connectivity index (χ2v) is 26.0. The average Bonchev–Trinajstić information content (AvgIpc) is 3.42. The van der Waals surface area contributed by atoms with E-state index in [9.17, 15) is 19.4 Å². The number of aliphatic hydroxyl groups is 1. The predicted octanol–water partition coefficient (Wildman–Crippen LogP) is 21.6. The Bertz CT molecular complexity index is 1470. The number of aliphatic hydroxyl groups excluding tert-OH is 1. The fourth-order valence-corrected chi connectivity index (χ4v) is 11.0. The van der Waals surface area contributed by atoms with Gasteiger partial charge in [0.25, 0.3) is 0 Å². The quantitative estimate of drug-likeness (QED) is 0.0243. The van der Waals surface area contributed by atoms with E-state index < -0.39 is 20.0 Å². The van der Waals surface area contributed by atoms with E-state index in [1.807, 2.05) is 27.2 Å². The summed E-state index contributed by atoms with van der Waals surface area (Å²) in [5, 5.41) is 14.0. The van der Waals surface area contributed by atoms with Crippen LogP contribution >= 0.6 is 7.82 Å². The number of likely N-dealkylation sites (N-methyl/N-ethyl adjacent to an activating group) is 1. The van der Waals surface area contributed by atoms with Crippen LogP contribution in [0.3, 0.4) is 0 Å². The van der Waals surface area contributed by atoms with Crippen molar-refractivity contribution < 1.29 is 32.9 Å². The van der Waals surface area contributed by atoms with Crippen LogP contribution in [0.2, 0.25) is 0 Å². The van der Waals surface area contributed by atoms with Gasteiger partial charge in [-0.15, -0.1) is 0 Å². The van der Waals surface area contributed by atoms with Crippen LogP contribution < -0.4 is 5.32 Å². The zero-order valence-corrected chi connectivity index (χ0v) is 54.0. The number of carbonyl (C=O) groups excluding carboxylic acids is 1. The molecule has 3 atom stereocenters. The molecule has 0 saturated heterocycles. The number of rotatable bonds is 63. The number of amides is 1. The van der Waals surface area contributed by atoms with Crippen molar-refractivity contribution in [1.82, 2.24) is 5.32 Å². The number of nitrogens with one attached hydrogen (secondary N) is 1. The van der Waals surface area contributed by atoms with Gasteiger partial charge in [-0.1, -0.05) is 325 Å². The summed E-state index contributed by atoms with van der Waals surface area (Å²) in [5.74, 6) is -0.171. The molecule has 79 heavy (non-hydrogen) atoms. The number of phosphoric acid groups is 1. The molecule has 0 heterocycles. The lowest BCUT2D eigenvalue weighted by molar-refractivity contribution is -0.870. The molecular formula is C70H134N2O6P+. The second kappa shape index (κ2) is 60.8. The Hall–Kier alpha value is -1.80. The first-order valence-corrected chi connectivity index (χ1v) is 35.7. The summed E-state index contributed by atoms with van der Waals surface area (Å²) in [6.07, 6.45) is 83.8. The number of allylic oxidation sites excluding steroid dienone is 9. The van der Waals surface area contributed by atoms with Crippen LogP contribution in [0.4, 0.5) is 0 Å². The van der Waals surface area contributed by atoms with Gasteiger partial charge in [0.05, 0.1) is 39.9 Å². The van der Waals surface area contributed by atoms with Crippen LogP contribution in [0.1, 0.15) is 328 Å². The molecule has 3 N–H and O–H groups in total. The molecule has 0 aromatic rings. The summed E-state index contributed by atoms with van der Waals surface area (Å²) < 4.78 is 23.8. The molecule has 0 aliphatic heterocycles. The van der Waals surface area contributed by atoms with Gasteiger partial charge in [0.1, 0.15) is 13.2 Å². The molecule has 0 aliphatic carbocycles. The first-order valence-electron chi connectivity index (χ1n) is 34.2. The van der Waals surface area contributed by atoms with Crippen LogP contribution in [0.25, 0.3) is 0 Å². The lowest BCUT2D eigenvalue weighted by Crippen LogP contribution is -2.45. The van der Waals surface area contributed by atoms with Gasteiger partial charge in [-0.2, -0.15) is 0 Å². The second-order valence-electron chi connectivity index (χ2n) is 24.5. The van der Waals surface area contributed by atoms with Crippen LogP contribution in [-0.2, 0) is 18.4 Å². The fourth-order valence-electron chi connectivity index (χ4n) is 10.2. The third kappa shape index (κ3) is 63.6. The first-order chi connectivity index (χ1) is 38.5. The number of hydrogen-bond acceptors (Lipinski definition) is 5. The topological polar surface area (TPSA) is 105 Å². The number of carbonyl (C=O) groups is 1. The molecule has 0 aromatic carbocycles. The molecule has 0 saturated carbocycles. The van der Waals surface area contributed by atoms with E-state index in [4.69, 9.17) is 9.05 Å². The highest BCUT2D eigenvalue weighted by atomic mass is 31.2. The molecule has 0 aromatic heterocycles. The van der Waals surface area contributed by atoms with E-state index in [1.54, 1.807) is 6.08 Å². The molecule has 1 amide bonds. The minimum atomic E-state index is -4.35. The third-order valence-corrected chi connectivity index (χ3v) is 16.5. The van der Waals surface area contributed by atoms with Gasteiger partial charge in [-0.05, 0) is 57.8 Å². The molecule has 9 heteroatoms. The van der Waals surface area contributed by atoms with Gasteiger partial charge >= 0.3 is 7.82 Å². The monoisotopic (exact) mass is 1130 g/mol. The fraction of sp³-hybridized carbons (Fsp3) is 0.843. The van der Waals surface area contributed by atoms with Gasteiger partial charge in [-0.3, -0.25) is 13.8 Å². The first kappa shape index (κ1) is 77.2. The minimum absolute atomic E-state index is 0.0631. The Morgan fingerprint density at radius 1 is 0.443 bits per heavy atom. The lowest BCUT2D eigenvalue weighted by Gasteiger charge is -2.25. The van der Waals surface area contributed by atoms with Crippen molar-refractivity contribution in [3.05, 3.63) is 60.8 Å². The molecule has 0 fully saturated rings. The van der Waals surface area contributed by atoms with Crippen LogP contribution in [0.15, 0.2) is 60.8 Å². The molecule has 0 radical (unpaired) electrons. The Balaban J connectivity index is 3.87.